The molecule has 112 valence electrons. The van der Waals surface area contributed by atoms with E-state index in [0.29, 0.717) is 10.6 Å². The lowest BCUT2D eigenvalue weighted by molar-refractivity contribution is 0.0945. The Morgan fingerprint density at radius 3 is 2.43 bits per heavy atom. The largest absolute Gasteiger partial charge is 0.390 e. The van der Waals surface area contributed by atoms with Gasteiger partial charge in [0, 0.05) is 16.5 Å². The standard InChI is InChI=1S/C17H22N2OS/c1-5-13-14(12-8-6-11(4)7-9-12)15(16(18)21-13)17(20)19-10(2)3/h6-10H,5,18H2,1-4H3,(H,19,20). The predicted octanol–water partition coefficient (Wildman–Crippen LogP) is 4.01. The van der Waals surface area contributed by atoms with Crippen molar-refractivity contribution in [3.8, 4) is 11.1 Å². The van der Waals surface area contributed by atoms with E-state index in [4.69, 9.17) is 5.73 Å². The highest BCUT2D eigenvalue weighted by molar-refractivity contribution is 7.17. The molecule has 0 spiro atoms. The maximum Gasteiger partial charge on any atom is 0.255 e. The lowest BCUT2D eigenvalue weighted by atomic mass is 9.98. The van der Waals surface area contributed by atoms with E-state index in [2.05, 4.69) is 43.4 Å². The third-order valence-electron chi connectivity index (χ3n) is 3.32. The summed E-state index contributed by atoms with van der Waals surface area (Å²) >= 11 is 1.51. The quantitative estimate of drug-likeness (QED) is 0.896. The zero-order valence-corrected chi connectivity index (χ0v) is 13.8. The van der Waals surface area contributed by atoms with Crippen LogP contribution in [0.4, 0.5) is 5.00 Å². The van der Waals surface area contributed by atoms with Crippen molar-refractivity contribution in [1.29, 1.82) is 0 Å². The normalized spacial score (nSPS) is 10.9. The van der Waals surface area contributed by atoms with Crippen LogP contribution in [-0.4, -0.2) is 11.9 Å². The van der Waals surface area contributed by atoms with Gasteiger partial charge in [-0.15, -0.1) is 11.3 Å². The summed E-state index contributed by atoms with van der Waals surface area (Å²) in [4.78, 5) is 13.6. The van der Waals surface area contributed by atoms with E-state index in [1.807, 2.05) is 13.8 Å². The molecule has 1 heterocycles. The van der Waals surface area contributed by atoms with Gasteiger partial charge in [0.15, 0.2) is 0 Å². The van der Waals surface area contributed by atoms with Crippen molar-refractivity contribution in [2.24, 2.45) is 0 Å². The molecule has 0 atom stereocenters. The predicted molar refractivity (Wildman–Crippen MR) is 90.9 cm³/mol. The van der Waals surface area contributed by atoms with Crippen molar-refractivity contribution in [3.05, 3.63) is 40.3 Å². The Kier molecular flexibility index (Phi) is 4.68. The highest BCUT2D eigenvalue weighted by atomic mass is 32.1. The second-order valence-electron chi connectivity index (χ2n) is 5.49. The number of nitrogens with two attached hydrogens (primary N) is 1. The smallest absolute Gasteiger partial charge is 0.255 e. The number of aryl methyl sites for hydroxylation is 2. The molecule has 3 N–H and O–H groups in total. The van der Waals surface area contributed by atoms with Crippen LogP contribution < -0.4 is 11.1 Å². The van der Waals surface area contributed by atoms with Gasteiger partial charge in [-0.05, 0) is 32.8 Å². The fourth-order valence-electron chi connectivity index (χ4n) is 2.33. The Labute approximate surface area is 130 Å². The average Bonchev–Trinajstić information content (AvgIpc) is 2.75. The van der Waals surface area contributed by atoms with Crippen molar-refractivity contribution >= 4 is 22.2 Å². The van der Waals surface area contributed by atoms with Crippen LogP contribution in [0, 0.1) is 6.92 Å². The number of thiophene rings is 1. The highest BCUT2D eigenvalue weighted by Crippen LogP contribution is 2.39. The Bertz CT molecular complexity index is 642. The first kappa shape index (κ1) is 15.6. The Hall–Kier alpha value is -1.81. The molecule has 0 fully saturated rings. The van der Waals surface area contributed by atoms with Gasteiger partial charge in [-0.25, -0.2) is 0 Å². The molecule has 0 unspecified atom stereocenters. The molecule has 1 amide bonds. The molecule has 0 radical (unpaired) electrons. The zero-order chi connectivity index (χ0) is 15.6. The molecule has 4 heteroatoms. The molecule has 1 aromatic heterocycles. The van der Waals surface area contributed by atoms with Gasteiger partial charge in [-0.2, -0.15) is 0 Å². The fraction of sp³-hybridized carbons (Fsp3) is 0.353. The molecule has 0 saturated heterocycles. The van der Waals surface area contributed by atoms with Gasteiger partial charge in [-0.3, -0.25) is 4.79 Å². The van der Waals surface area contributed by atoms with Gasteiger partial charge in [0.2, 0.25) is 0 Å². The van der Waals surface area contributed by atoms with Crippen molar-refractivity contribution in [2.75, 3.05) is 5.73 Å². The van der Waals surface area contributed by atoms with Crippen LogP contribution in [0.3, 0.4) is 0 Å². The van der Waals surface area contributed by atoms with E-state index in [-0.39, 0.29) is 11.9 Å². The summed E-state index contributed by atoms with van der Waals surface area (Å²) in [6.07, 6.45) is 0.868. The Morgan fingerprint density at radius 1 is 1.29 bits per heavy atom. The van der Waals surface area contributed by atoms with E-state index in [9.17, 15) is 4.79 Å². The number of benzene rings is 1. The second-order valence-corrected chi connectivity index (χ2v) is 6.62. The van der Waals surface area contributed by atoms with Gasteiger partial charge in [0.05, 0.1) is 10.6 Å². The van der Waals surface area contributed by atoms with Crippen molar-refractivity contribution < 1.29 is 4.79 Å². The molecule has 2 aromatic rings. The third-order valence-corrected chi connectivity index (χ3v) is 4.48. The number of hydrogen-bond acceptors (Lipinski definition) is 3. The molecule has 21 heavy (non-hydrogen) atoms. The number of carbonyl (C=O) groups is 1. The fourth-order valence-corrected chi connectivity index (χ4v) is 3.36. The number of amides is 1. The zero-order valence-electron chi connectivity index (χ0n) is 13.0. The van der Waals surface area contributed by atoms with Gasteiger partial charge in [0.25, 0.3) is 5.91 Å². The van der Waals surface area contributed by atoms with Gasteiger partial charge in [0.1, 0.15) is 0 Å². The minimum absolute atomic E-state index is 0.0889. The van der Waals surface area contributed by atoms with E-state index < -0.39 is 0 Å². The Morgan fingerprint density at radius 2 is 1.90 bits per heavy atom. The maximum atomic E-state index is 12.5. The average molecular weight is 302 g/mol. The summed E-state index contributed by atoms with van der Waals surface area (Å²) < 4.78 is 0. The summed E-state index contributed by atoms with van der Waals surface area (Å²) in [5.74, 6) is -0.0889. The van der Waals surface area contributed by atoms with Crippen LogP contribution in [0.2, 0.25) is 0 Å². The molecule has 2 rings (SSSR count). The minimum atomic E-state index is -0.0889. The first-order chi connectivity index (χ1) is 9.93. The third kappa shape index (κ3) is 3.27. The molecule has 3 nitrogen and oxygen atoms in total. The van der Waals surface area contributed by atoms with Gasteiger partial charge >= 0.3 is 0 Å². The molecule has 0 aliphatic heterocycles. The second kappa shape index (κ2) is 6.31. The van der Waals surface area contributed by atoms with Crippen molar-refractivity contribution in [1.82, 2.24) is 5.32 Å². The first-order valence-electron chi connectivity index (χ1n) is 7.23. The number of nitrogens with one attached hydrogen (secondary N) is 1. The van der Waals surface area contributed by atoms with E-state index >= 15 is 0 Å². The number of nitrogen functional groups attached to an aromatic ring is 1. The van der Waals surface area contributed by atoms with Crippen LogP contribution in [0.5, 0.6) is 0 Å². The van der Waals surface area contributed by atoms with E-state index in [1.165, 1.54) is 16.9 Å². The molecule has 0 aliphatic rings. The molecule has 0 saturated carbocycles. The maximum absolute atomic E-state index is 12.5. The summed E-state index contributed by atoms with van der Waals surface area (Å²) in [7, 11) is 0. The minimum Gasteiger partial charge on any atom is -0.390 e. The van der Waals surface area contributed by atoms with Crippen LogP contribution in [0.15, 0.2) is 24.3 Å². The van der Waals surface area contributed by atoms with Crippen LogP contribution in [0.1, 0.15) is 41.6 Å². The molecular weight excluding hydrogens is 280 g/mol. The topological polar surface area (TPSA) is 55.1 Å². The first-order valence-corrected chi connectivity index (χ1v) is 8.04. The summed E-state index contributed by atoms with van der Waals surface area (Å²) in [6, 6.07) is 8.33. The number of carbonyl (C=O) groups excluding carboxylic acids is 1. The molecule has 0 aliphatic carbocycles. The summed E-state index contributed by atoms with van der Waals surface area (Å²) in [6.45, 7) is 8.05. The monoisotopic (exact) mass is 302 g/mol. The highest BCUT2D eigenvalue weighted by Gasteiger charge is 2.23. The van der Waals surface area contributed by atoms with E-state index in [0.717, 1.165) is 22.4 Å². The number of anilines is 1. The summed E-state index contributed by atoms with van der Waals surface area (Å²) in [5, 5.41) is 3.54. The Balaban J connectivity index is 2.57. The SMILES string of the molecule is CCc1sc(N)c(C(=O)NC(C)C)c1-c1ccc(C)cc1. The lowest BCUT2D eigenvalue weighted by Crippen LogP contribution is -2.30. The molecular formula is C17H22N2OS. The lowest BCUT2D eigenvalue weighted by Gasteiger charge is -2.11. The number of rotatable bonds is 4. The summed E-state index contributed by atoms with van der Waals surface area (Å²) in [5.41, 5.74) is 9.98. The van der Waals surface area contributed by atoms with Crippen LogP contribution in [0.25, 0.3) is 11.1 Å². The van der Waals surface area contributed by atoms with Crippen molar-refractivity contribution in [2.45, 2.75) is 40.2 Å². The molecule has 1 aromatic carbocycles. The van der Waals surface area contributed by atoms with Gasteiger partial charge in [-0.1, -0.05) is 36.8 Å². The number of hydrogen-bond donors (Lipinski definition) is 2. The van der Waals surface area contributed by atoms with E-state index in [1.54, 1.807) is 0 Å². The van der Waals surface area contributed by atoms with Gasteiger partial charge < -0.3 is 11.1 Å². The van der Waals surface area contributed by atoms with Crippen LogP contribution in [-0.2, 0) is 6.42 Å². The van der Waals surface area contributed by atoms with Crippen LogP contribution >= 0.6 is 11.3 Å². The van der Waals surface area contributed by atoms with Crippen molar-refractivity contribution in [3.63, 3.8) is 0 Å². The molecule has 0 bridgehead atoms.